The molecule has 29 heavy (non-hydrogen) atoms. The summed E-state index contributed by atoms with van der Waals surface area (Å²) >= 11 is 0. The van der Waals surface area contributed by atoms with Crippen molar-refractivity contribution in [3.63, 3.8) is 0 Å². The van der Waals surface area contributed by atoms with Crippen LogP contribution in [0.5, 0.6) is 5.75 Å². The van der Waals surface area contributed by atoms with Gasteiger partial charge in [0, 0.05) is 22.7 Å². The van der Waals surface area contributed by atoms with Crippen molar-refractivity contribution in [1.82, 2.24) is 4.57 Å². The number of halogens is 2. The summed E-state index contributed by atoms with van der Waals surface area (Å²) in [5.74, 6) is -5.11. The summed E-state index contributed by atoms with van der Waals surface area (Å²) in [6.45, 7) is 5.20. The Morgan fingerprint density at radius 1 is 1.17 bits per heavy atom. The first-order valence-electron chi connectivity index (χ1n) is 9.23. The van der Waals surface area contributed by atoms with Crippen molar-refractivity contribution in [2.75, 3.05) is 0 Å². The molecule has 0 bridgehead atoms. The number of aromatic hydroxyl groups is 1. The van der Waals surface area contributed by atoms with Gasteiger partial charge in [0.25, 0.3) is 5.91 Å². The van der Waals surface area contributed by atoms with Crippen LogP contribution in [0.25, 0.3) is 10.9 Å². The zero-order valence-corrected chi connectivity index (χ0v) is 16.2. The molecule has 5 nitrogen and oxygen atoms in total. The van der Waals surface area contributed by atoms with E-state index in [0.29, 0.717) is 17.7 Å². The molecule has 0 saturated carbocycles. The lowest BCUT2D eigenvalue weighted by atomic mass is 9.84. The van der Waals surface area contributed by atoms with Gasteiger partial charge in [-0.1, -0.05) is 26.3 Å². The second kappa shape index (κ2) is 7.66. The fourth-order valence-electron chi connectivity index (χ4n) is 3.74. The third kappa shape index (κ3) is 3.48. The van der Waals surface area contributed by atoms with Crippen LogP contribution in [0.4, 0.5) is 8.78 Å². The van der Waals surface area contributed by atoms with Crippen LogP contribution in [0, 0.1) is 24.5 Å². The average Bonchev–Trinajstić information content (AvgIpc) is 2.93. The molecule has 0 aliphatic carbocycles. The Labute approximate surface area is 166 Å². The predicted molar refractivity (Wildman–Crippen MR) is 104 cm³/mol. The molecule has 1 unspecified atom stereocenters. The van der Waals surface area contributed by atoms with Gasteiger partial charge in [-0.15, -0.1) is 0 Å². The van der Waals surface area contributed by atoms with E-state index in [1.54, 1.807) is 13.8 Å². The molecule has 1 heterocycles. The minimum absolute atomic E-state index is 0.0421. The summed E-state index contributed by atoms with van der Waals surface area (Å²) in [7, 11) is 0. The number of carboxylic acid groups (broad SMARTS) is 1. The van der Waals surface area contributed by atoms with Gasteiger partial charge < -0.3 is 10.2 Å². The van der Waals surface area contributed by atoms with E-state index < -0.39 is 35.2 Å². The van der Waals surface area contributed by atoms with Crippen LogP contribution in [-0.4, -0.2) is 26.7 Å². The molecular weight excluding hydrogens is 380 g/mol. The molecule has 3 aromatic rings. The topological polar surface area (TPSA) is 79.5 Å². The average molecular weight is 401 g/mol. The third-order valence-electron chi connectivity index (χ3n) is 5.39. The van der Waals surface area contributed by atoms with Gasteiger partial charge in [0.15, 0.2) is 11.6 Å². The van der Waals surface area contributed by atoms with Crippen molar-refractivity contribution in [3.8, 4) is 5.75 Å². The van der Waals surface area contributed by atoms with Crippen LogP contribution >= 0.6 is 0 Å². The van der Waals surface area contributed by atoms with Gasteiger partial charge in [-0.05, 0) is 42.7 Å². The summed E-state index contributed by atoms with van der Waals surface area (Å²) in [5.41, 5.74) is 0.811. The van der Waals surface area contributed by atoms with Crippen molar-refractivity contribution >= 4 is 22.8 Å². The first-order chi connectivity index (χ1) is 13.7. The highest BCUT2D eigenvalue weighted by Crippen LogP contribution is 2.39. The molecule has 2 N–H and O–H groups in total. The molecule has 7 heteroatoms. The number of nitrogens with zero attached hydrogens (tertiary/aromatic N) is 1. The highest BCUT2D eigenvalue weighted by Gasteiger charge is 2.33. The monoisotopic (exact) mass is 401 g/mol. The van der Waals surface area contributed by atoms with E-state index in [4.69, 9.17) is 0 Å². The van der Waals surface area contributed by atoms with Crippen LogP contribution in [-0.2, 0) is 4.79 Å². The number of carboxylic acids is 1. The molecule has 0 aliphatic rings. The Hall–Kier alpha value is -3.22. The van der Waals surface area contributed by atoms with Gasteiger partial charge in [-0.25, -0.2) is 8.78 Å². The van der Waals surface area contributed by atoms with E-state index >= 15 is 0 Å². The quantitative estimate of drug-likeness (QED) is 0.641. The van der Waals surface area contributed by atoms with Crippen molar-refractivity contribution in [3.05, 3.63) is 64.9 Å². The molecule has 0 amide bonds. The molecule has 152 valence electrons. The van der Waals surface area contributed by atoms with Gasteiger partial charge in [0.1, 0.15) is 5.82 Å². The van der Waals surface area contributed by atoms with Gasteiger partial charge in [0.2, 0.25) is 0 Å². The number of hydrogen-bond acceptors (Lipinski definition) is 3. The number of hydrogen-bond donors (Lipinski definition) is 2. The summed E-state index contributed by atoms with van der Waals surface area (Å²) in [6.07, 6.45) is 0.564. The summed E-state index contributed by atoms with van der Waals surface area (Å²) in [6, 6.07) is 7.21. The predicted octanol–water partition coefficient (Wildman–Crippen LogP) is 4.84. The Morgan fingerprint density at radius 3 is 2.45 bits per heavy atom. The van der Waals surface area contributed by atoms with E-state index in [0.717, 1.165) is 18.2 Å². The number of carbonyl (C=O) groups is 2. The summed E-state index contributed by atoms with van der Waals surface area (Å²) in [5, 5.41) is 20.0. The lowest BCUT2D eigenvalue weighted by Crippen LogP contribution is -2.21. The van der Waals surface area contributed by atoms with Gasteiger partial charge in [-0.2, -0.15) is 0 Å². The van der Waals surface area contributed by atoms with Crippen molar-refractivity contribution in [2.24, 2.45) is 5.92 Å². The molecule has 0 fully saturated rings. The second-order valence-electron chi connectivity index (χ2n) is 7.17. The molecule has 0 aliphatic heterocycles. The number of fused-ring (bicyclic) bond motifs is 1. The molecule has 0 saturated heterocycles. The largest absolute Gasteiger partial charge is 0.505 e. The number of rotatable bonds is 5. The maximum atomic E-state index is 14.1. The van der Waals surface area contributed by atoms with Crippen LogP contribution in [0.3, 0.4) is 0 Å². The number of benzene rings is 2. The van der Waals surface area contributed by atoms with Crippen LogP contribution in [0.2, 0.25) is 0 Å². The Balaban J connectivity index is 2.37. The number of carbonyl (C=O) groups excluding carboxylic acids is 1. The lowest BCUT2D eigenvalue weighted by molar-refractivity contribution is -0.140. The molecule has 3 rings (SSSR count). The summed E-state index contributed by atoms with van der Waals surface area (Å²) < 4.78 is 28.9. The molecule has 0 spiro atoms. The van der Waals surface area contributed by atoms with E-state index in [1.807, 2.05) is 6.92 Å². The highest BCUT2D eigenvalue weighted by atomic mass is 19.1. The van der Waals surface area contributed by atoms with Crippen LogP contribution in [0.1, 0.15) is 47.8 Å². The smallest absolute Gasteiger partial charge is 0.311 e. The van der Waals surface area contributed by atoms with E-state index in [1.165, 1.54) is 22.8 Å². The fraction of sp³-hybridized carbons (Fsp3) is 0.273. The lowest BCUT2D eigenvalue weighted by Gasteiger charge is -2.20. The molecular formula is C22H21F2NO4. The highest BCUT2D eigenvalue weighted by molar-refractivity contribution is 6.05. The van der Waals surface area contributed by atoms with E-state index in [9.17, 15) is 28.6 Å². The van der Waals surface area contributed by atoms with Gasteiger partial charge in [-0.3, -0.25) is 14.2 Å². The van der Waals surface area contributed by atoms with Crippen LogP contribution in [0.15, 0.2) is 36.4 Å². The number of aromatic nitrogens is 1. The van der Waals surface area contributed by atoms with Crippen LogP contribution < -0.4 is 0 Å². The first-order valence-corrected chi connectivity index (χ1v) is 9.23. The summed E-state index contributed by atoms with van der Waals surface area (Å²) in [4.78, 5) is 25.2. The normalized spacial score (nSPS) is 13.4. The first kappa shape index (κ1) is 20.5. The Kier molecular flexibility index (Phi) is 5.42. The number of phenolic OH excluding ortho intramolecular Hbond substituents is 1. The molecule has 2 aromatic carbocycles. The van der Waals surface area contributed by atoms with Crippen molar-refractivity contribution < 1.29 is 28.6 Å². The Bertz CT molecular complexity index is 1120. The van der Waals surface area contributed by atoms with E-state index in [2.05, 4.69) is 0 Å². The zero-order chi connectivity index (χ0) is 21.5. The molecule has 2 atom stereocenters. The maximum Gasteiger partial charge on any atom is 0.311 e. The second-order valence-corrected chi connectivity index (χ2v) is 7.17. The zero-order valence-electron chi connectivity index (χ0n) is 16.2. The van der Waals surface area contributed by atoms with Gasteiger partial charge in [0.05, 0.1) is 11.4 Å². The van der Waals surface area contributed by atoms with Gasteiger partial charge >= 0.3 is 5.97 Å². The minimum atomic E-state index is -1.08. The fourth-order valence-corrected chi connectivity index (χ4v) is 3.74. The molecule has 1 aromatic heterocycles. The number of phenols is 1. The van der Waals surface area contributed by atoms with E-state index in [-0.39, 0.29) is 22.4 Å². The SMILES string of the molecule is CC[C@@H](C)C(C(=O)O)c1c(C)n(C(=O)c2cccc(F)c2)c2cc(F)c(O)cc12. The van der Waals surface area contributed by atoms with Crippen molar-refractivity contribution in [2.45, 2.75) is 33.1 Å². The third-order valence-corrected chi connectivity index (χ3v) is 5.39. The standard InChI is InChI=1S/C22H21F2NO4/c1-4-11(2)19(22(28)29)20-12(3)25(17-10-16(24)18(26)9-15(17)20)21(27)13-6-5-7-14(23)8-13/h5-11,19,26H,4H2,1-3H3,(H,28,29)/t11-,19?/m1/s1. The van der Waals surface area contributed by atoms with Crippen molar-refractivity contribution in [1.29, 1.82) is 0 Å². The minimum Gasteiger partial charge on any atom is -0.505 e. The maximum absolute atomic E-state index is 14.1. The molecule has 0 radical (unpaired) electrons. The number of aliphatic carboxylic acids is 1. The Morgan fingerprint density at radius 2 is 1.86 bits per heavy atom.